The molecule has 1 aliphatic rings. The van der Waals surface area contributed by atoms with E-state index in [0.29, 0.717) is 18.0 Å². The van der Waals surface area contributed by atoms with Gasteiger partial charge in [0.2, 0.25) is 5.91 Å². The van der Waals surface area contributed by atoms with Crippen LogP contribution < -0.4 is 15.4 Å². The molecule has 1 aliphatic heterocycles. The number of hydrogen-bond acceptors (Lipinski definition) is 4. The van der Waals surface area contributed by atoms with Gasteiger partial charge in [-0.1, -0.05) is 36.4 Å². The maximum Gasteiger partial charge on any atom is 0.433 e. The topological polar surface area (TPSA) is 63.2 Å². The predicted molar refractivity (Wildman–Crippen MR) is 124 cm³/mol. The summed E-state index contributed by atoms with van der Waals surface area (Å²) in [7, 11) is 0. The second kappa shape index (κ2) is 11.4. The number of nitrogens with one attached hydrogen (secondary N) is 2. The predicted octanol–water partition coefficient (Wildman–Crippen LogP) is 5.68. The van der Waals surface area contributed by atoms with Crippen LogP contribution in [0.4, 0.5) is 18.9 Å². The molecule has 1 aromatic heterocycles. The van der Waals surface area contributed by atoms with Gasteiger partial charge in [0, 0.05) is 30.8 Å². The Hall–Kier alpha value is -2.81. The van der Waals surface area contributed by atoms with Crippen LogP contribution in [0.3, 0.4) is 0 Å². The van der Waals surface area contributed by atoms with Crippen LogP contribution in [-0.4, -0.2) is 24.0 Å². The number of amides is 1. The summed E-state index contributed by atoms with van der Waals surface area (Å²) < 4.78 is 43.5. The quantitative estimate of drug-likeness (QED) is 0.474. The summed E-state index contributed by atoms with van der Waals surface area (Å²) >= 11 is 0. The van der Waals surface area contributed by atoms with Crippen molar-refractivity contribution in [1.82, 2.24) is 10.3 Å². The van der Waals surface area contributed by atoms with Crippen LogP contribution in [0, 0.1) is 5.92 Å². The van der Waals surface area contributed by atoms with Gasteiger partial charge < -0.3 is 15.4 Å². The molecule has 0 saturated carbocycles. The normalized spacial score (nSPS) is 17.4. The summed E-state index contributed by atoms with van der Waals surface area (Å²) in [5.74, 6) is 0.307. The first-order valence-corrected chi connectivity index (χ1v) is 9.78. The first kappa shape index (κ1) is 26.4. The second-order valence-electron chi connectivity index (χ2n) is 7.28. The van der Waals surface area contributed by atoms with E-state index in [1.54, 1.807) is 24.3 Å². The first-order chi connectivity index (χ1) is 14.9. The summed E-state index contributed by atoms with van der Waals surface area (Å²) in [6, 6.07) is 18.7. The molecule has 1 saturated heterocycles. The van der Waals surface area contributed by atoms with Gasteiger partial charge in [0.25, 0.3) is 0 Å². The second-order valence-corrected chi connectivity index (χ2v) is 7.28. The average molecular weight is 500 g/mol. The molecule has 2 aromatic carbocycles. The van der Waals surface area contributed by atoms with E-state index in [2.05, 4.69) is 15.6 Å². The minimum atomic E-state index is -4.50. The molecule has 1 amide bonds. The van der Waals surface area contributed by atoms with E-state index >= 15 is 0 Å². The number of anilines is 1. The molecular weight excluding hydrogens is 478 g/mol. The largest absolute Gasteiger partial charge is 0.456 e. The number of rotatable bonds is 5. The molecule has 10 heteroatoms. The monoisotopic (exact) mass is 499 g/mol. The zero-order valence-electron chi connectivity index (χ0n) is 17.2. The third-order valence-corrected chi connectivity index (χ3v) is 5.14. The van der Waals surface area contributed by atoms with Crippen molar-refractivity contribution in [2.75, 3.05) is 18.4 Å². The summed E-state index contributed by atoms with van der Waals surface area (Å²) in [5.41, 5.74) is 0.666. The van der Waals surface area contributed by atoms with Gasteiger partial charge in [-0.2, -0.15) is 13.2 Å². The SMILES string of the molecule is Cl.Cl.O=C(Nc1cccc(Oc2ccc(C(F)(F)F)nc2)c1)[C@@H]1CNC[C@H]1c1ccccc1. The zero-order valence-corrected chi connectivity index (χ0v) is 18.8. The van der Waals surface area contributed by atoms with Crippen LogP contribution >= 0.6 is 24.8 Å². The fourth-order valence-electron chi connectivity index (χ4n) is 3.62. The highest BCUT2D eigenvalue weighted by atomic mass is 35.5. The molecule has 2 heterocycles. The maximum absolute atomic E-state index is 12.9. The number of nitrogens with zero attached hydrogens (tertiary/aromatic N) is 1. The molecule has 2 atom stereocenters. The van der Waals surface area contributed by atoms with E-state index in [1.807, 2.05) is 30.3 Å². The fraction of sp³-hybridized carbons (Fsp3) is 0.217. The molecular formula is C23H22Cl2F3N3O2. The Kier molecular flexibility index (Phi) is 9.10. The van der Waals surface area contributed by atoms with Crippen LogP contribution in [0.25, 0.3) is 0 Å². The lowest BCUT2D eigenvalue weighted by atomic mass is 9.88. The molecule has 0 radical (unpaired) electrons. The molecule has 1 fully saturated rings. The number of carbonyl (C=O) groups is 1. The van der Waals surface area contributed by atoms with Crippen molar-refractivity contribution in [3.8, 4) is 11.5 Å². The molecule has 3 aromatic rings. The Morgan fingerprint density at radius 1 is 0.970 bits per heavy atom. The molecule has 176 valence electrons. The first-order valence-electron chi connectivity index (χ1n) is 9.78. The van der Waals surface area contributed by atoms with Crippen molar-refractivity contribution < 1.29 is 22.7 Å². The van der Waals surface area contributed by atoms with Crippen molar-refractivity contribution in [2.24, 2.45) is 5.92 Å². The highest BCUT2D eigenvalue weighted by molar-refractivity contribution is 5.93. The van der Waals surface area contributed by atoms with Crippen molar-refractivity contribution in [3.63, 3.8) is 0 Å². The van der Waals surface area contributed by atoms with Crippen LogP contribution in [-0.2, 0) is 11.0 Å². The zero-order chi connectivity index (χ0) is 21.8. The van der Waals surface area contributed by atoms with Gasteiger partial charge in [-0.05, 0) is 29.8 Å². The van der Waals surface area contributed by atoms with Crippen LogP contribution in [0.5, 0.6) is 11.5 Å². The molecule has 0 spiro atoms. The highest BCUT2D eigenvalue weighted by Crippen LogP contribution is 2.31. The van der Waals surface area contributed by atoms with Gasteiger partial charge in [0.15, 0.2) is 0 Å². The lowest BCUT2D eigenvalue weighted by molar-refractivity contribution is -0.141. The number of aromatic nitrogens is 1. The fourth-order valence-corrected chi connectivity index (χ4v) is 3.62. The van der Waals surface area contributed by atoms with Crippen molar-refractivity contribution in [3.05, 3.63) is 84.2 Å². The van der Waals surface area contributed by atoms with Gasteiger partial charge in [-0.15, -0.1) is 24.8 Å². The van der Waals surface area contributed by atoms with Crippen molar-refractivity contribution >= 4 is 36.4 Å². The minimum absolute atomic E-state index is 0. The number of ether oxygens (including phenoxy) is 1. The highest BCUT2D eigenvalue weighted by Gasteiger charge is 2.34. The number of carbonyl (C=O) groups excluding carboxylic acids is 1. The van der Waals surface area contributed by atoms with Crippen molar-refractivity contribution in [2.45, 2.75) is 12.1 Å². The van der Waals surface area contributed by atoms with Crippen LogP contribution in [0.1, 0.15) is 17.2 Å². The van der Waals surface area contributed by atoms with E-state index in [4.69, 9.17) is 4.74 Å². The summed E-state index contributed by atoms with van der Waals surface area (Å²) in [5, 5.41) is 6.19. The molecule has 33 heavy (non-hydrogen) atoms. The third kappa shape index (κ3) is 6.60. The average Bonchev–Trinajstić information content (AvgIpc) is 3.25. The van der Waals surface area contributed by atoms with E-state index in [9.17, 15) is 18.0 Å². The summed E-state index contributed by atoms with van der Waals surface area (Å²) in [6.07, 6.45) is -3.49. The Morgan fingerprint density at radius 3 is 2.39 bits per heavy atom. The Labute approximate surface area is 201 Å². The number of pyridine rings is 1. The molecule has 0 aliphatic carbocycles. The molecule has 2 N–H and O–H groups in total. The molecule has 0 bridgehead atoms. The lowest BCUT2D eigenvalue weighted by Gasteiger charge is -2.19. The van der Waals surface area contributed by atoms with Crippen LogP contribution in [0.15, 0.2) is 72.9 Å². The molecule has 4 rings (SSSR count). The molecule has 0 unspecified atom stereocenters. The number of alkyl halides is 3. The van der Waals surface area contributed by atoms with Gasteiger partial charge in [-0.3, -0.25) is 4.79 Å². The van der Waals surface area contributed by atoms with Crippen LogP contribution in [0.2, 0.25) is 0 Å². The smallest absolute Gasteiger partial charge is 0.433 e. The molecule has 5 nitrogen and oxygen atoms in total. The number of benzene rings is 2. The lowest BCUT2D eigenvalue weighted by Crippen LogP contribution is -2.28. The van der Waals surface area contributed by atoms with Gasteiger partial charge in [-0.25, -0.2) is 4.98 Å². The third-order valence-electron chi connectivity index (χ3n) is 5.14. The van der Waals surface area contributed by atoms with Crippen molar-refractivity contribution in [1.29, 1.82) is 0 Å². The standard InChI is InChI=1S/C23H20F3N3O2.2ClH/c24-23(25,26)21-10-9-18(12-28-21)31-17-8-4-7-16(11-17)29-22(30)20-14-27-13-19(20)15-5-2-1-3-6-15;;/h1-12,19-20,27H,13-14H2,(H,29,30);2*1H/t19-,20+;;/m0../s1. The summed E-state index contributed by atoms with van der Waals surface area (Å²) in [6.45, 7) is 1.31. The van der Waals surface area contributed by atoms with Gasteiger partial charge in [0.05, 0.1) is 12.1 Å². The number of halogens is 5. The van der Waals surface area contributed by atoms with Gasteiger partial charge in [0.1, 0.15) is 17.2 Å². The number of hydrogen-bond donors (Lipinski definition) is 2. The Morgan fingerprint density at radius 2 is 1.73 bits per heavy atom. The van der Waals surface area contributed by atoms with Gasteiger partial charge >= 0.3 is 6.18 Å². The van der Waals surface area contributed by atoms with E-state index in [-0.39, 0.29) is 48.3 Å². The van der Waals surface area contributed by atoms with E-state index in [1.165, 1.54) is 6.07 Å². The van der Waals surface area contributed by atoms with E-state index < -0.39 is 11.9 Å². The van der Waals surface area contributed by atoms with E-state index in [0.717, 1.165) is 24.4 Å². The Bertz CT molecular complexity index is 1050. The minimum Gasteiger partial charge on any atom is -0.456 e. The summed E-state index contributed by atoms with van der Waals surface area (Å²) in [4.78, 5) is 16.3. The Balaban J connectivity index is 0.00000193. The maximum atomic E-state index is 12.9.